The first-order valence-corrected chi connectivity index (χ1v) is 8.92. The molecule has 2 saturated heterocycles. The maximum absolute atomic E-state index is 12.6. The van der Waals surface area contributed by atoms with Gasteiger partial charge in [0.15, 0.2) is 0 Å². The number of amides is 3. The number of rotatable bonds is 4. The second-order valence-corrected chi connectivity index (χ2v) is 7.07. The summed E-state index contributed by atoms with van der Waals surface area (Å²) in [6.45, 7) is 0.782. The van der Waals surface area contributed by atoms with Crippen molar-refractivity contribution in [2.75, 3.05) is 20.2 Å². The van der Waals surface area contributed by atoms with Crippen LogP contribution >= 0.6 is 0 Å². The highest BCUT2D eigenvalue weighted by Crippen LogP contribution is 2.37. The molecule has 2 aromatic rings. The molecule has 4 rings (SSSR count). The lowest BCUT2D eigenvalue weighted by Gasteiger charge is -2.20. The van der Waals surface area contributed by atoms with Crippen LogP contribution in [-0.2, 0) is 20.8 Å². The molecule has 8 nitrogen and oxygen atoms in total. The van der Waals surface area contributed by atoms with Gasteiger partial charge in [-0.3, -0.25) is 19.7 Å². The number of ether oxygens (including phenoxy) is 1. The van der Waals surface area contributed by atoms with Crippen molar-refractivity contribution in [1.82, 2.24) is 20.2 Å². The van der Waals surface area contributed by atoms with Crippen LogP contribution in [0.5, 0.6) is 5.88 Å². The minimum absolute atomic E-state index is 0.0592. The molecule has 0 bridgehead atoms. The Morgan fingerprint density at radius 1 is 1.26 bits per heavy atom. The van der Waals surface area contributed by atoms with E-state index in [2.05, 4.69) is 15.3 Å². The fourth-order valence-electron chi connectivity index (χ4n) is 3.84. The van der Waals surface area contributed by atoms with Crippen LogP contribution in [0.15, 0.2) is 24.3 Å². The number of benzene rings is 1. The topological polar surface area (TPSA) is 101 Å². The summed E-state index contributed by atoms with van der Waals surface area (Å²) >= 11 is 0. The number of imide groups is 1. The molecule has 27 heavy (non-hydrogen) atoms. The highest BCUT2D eigenvalue weighted by Gasteiger charge is 2.51. The molecule has 1 aromatic heterocycles. The maximum atomic E-state index is 12.6. The van der Waals surface area contributed by atoms with Crippen molar-refractivity contribution in [3.63, 3.8) is 0 Å². The van der Waals surface area contributed by atoms with Gasteiger partial charge < -0.3 is 9.64 Å². The number of para-hydroxylation sites is 2. The van der Waals surface area contributed by atoms with E-state index in [0.717, 1.165) is 11.0 Å². The number of aryl methyl sites for hydroxylation is 1. The lowest BCUT2D eigenvalue weighted by molar-refractivity contribution is -0.131. The SMILES string of the molecule is COc1nc2ccccc2nc1CCC(=O)N1CC[C@]2(CC(=O)NC2=O)C1. The van der Waals surface area contributed by atoms with Crippen LogP contribution < -0.4 is 10.1 Å². The van der Waals surface area contributed by atoms with Gasteiger partial charge in [-0.25, -0.2) is 9.97 Å². The third kappa shape index (κ3) is 3.11. The zero-order valence-electron chi connectivity index (χ0n) is 15.0. The van der Waals surface area contributed by atoms with Crippen molar-refractivity contribution in [2.45, 2.75) is 25.7 Å². The van der Waals surface area contributed by atoms with Gasteiger partial charge in [0.25, 0.3) is 0 Å². The molecular formula is C19H20N4O4. The Bertz CT molecular complexity index is 944. The molecule has 3 heterocycles. The summed E-state index contributed by atoms with van der Waals surface area (Å²) in [6, 6.07) is 7.49. The smallest absolute Gasteiger partial charge is 0.235 e. The van der Waals surface area contributed by atoms with E-state index in [-0.39, 0.29) is 30.6 Å². The minimum Gasteiger partial charge on any atom is -0.480 e. The van der Waals surface area contributed by atoms with Gasteiger partial charge in [0.2, 0.25) is 23.6 Å². The monoisotopic (exact) mass is 368 g/mol. The van der Waals surface area contributed by atoms with Crippen LogP contribution in [0.2, 0.25) is 0 Å². The molecule has 0 radical (unpaired) electrons. The molecule has 8 heteroatoms. The van der Waals surface area contributed by atoms with Gasteiger partial charge in [-0.15, -0.1) is 0 Å². The normalized spacial score (nSPS) is 21.9. The first-order valence-electron chi connectivity index (χ1n) is 8.92. The molecule has 0 saturated carbocycles. The van der Waals surface area contributed by atoms with Gasteiger partial charge in [0, 0.05) is 32.4 Å². The minimum atomic E-state index is -0.743. The zero-order valence-corrected chi connectivity index (χ0v) is 15.0. The van der Waals surface area contributed by atoms with Gasteiger partial charge in [-0.2, -0.15) is 0 Å². The molecule has 1 atom stereocenters. The predicted molar refractivity (Wildman–Crippen MR) is 95.8 cm³/mol. The van der Waals surface area contributed by atoms with E-state index in [1.807, 2.05) is 24.3 Å². The number of likely N-dealkylation sites (tertiary alicyclic amines) is 1. The van der Waals surface area contributed by atoms with E-state index < -0.39 is 5.41 Å². The number of aromatic nitrogens is 2. The Labute approximate surface area is 155 Å². The molecule has 2 fully saturated rings. The number of nitrogens with one attached hydrogen (secondary N) is 1. The van der Waals surface area contributed by atoms with Crippen LogP contribution in [0.25, 0.3) is 11.0 Å². The molecule has 140 valence electrons. The Balaban J connectivity index is 1.45. The summed E-state index contributed by atoms with van der Waals surface area (Å²) in [7, 11) is 1.53. The van der Waals surface area contributed by atoms with Crippen LogP contribution in [0.3, 0.4) is 0 Å². The van der Waals surface area contributed by atoms with E-state index >= 15 is 0 Å². The first kappa shape index (κ1) is 17.4. The molecule has 1 aromatic carbocycles. The van der Waals surface area contributed by atoms with Crippen molar-refractivity contribution in [3.05, 3.63) is 30.0 Å². The number of hydrogen-bond donors (Lipinski definition) is 1. The number of carbonyl (C=O) groups is 3. The first-order chi connectivity index (χ1) is 13.0. The van der Waals surface area contributed by atoms with Crippen LogP contribution in [-0.4, -0.2) is 52.8 Å². The van der Waals surface area contributed by atoms with Crippen molar-refractivity contribution < 1.29 is 19.1 Å². The molecule has 2 aliphatic rings. The predicted octanol–water partition coefficient (Wildman–Crippen LogP) is 0.836. The molecule has 1 spiro atoms. The molecular weight excluding hydrogens is 348 g/mol. The highest BCUT2D eigenvalue weighted by molar-refractivity contribution is 6.06. The summed E-state index contributed by atoms with van der Waals surface area (Å²) in [5, 5.41) is 2.35. The van der Waals surface area contributed by atoms with Crippen molar-refractivity contribution in [2.24, 2.45) is 5.41 Å². The van der Waals surface area contributed by atoms with E-state index in [4.69, 9.17) is 4.74 Å². The summed E-state index contributed by atoms with van der Waals surface area (Å²) in [5.41, 5.74) is 1.38. The third-order valence-electron chi connectivity index (χ3n) is 5.32. The van der Waals surface area contributed by atoms with Crippen molar-refractivity contribution in [3.8, 4) is 5.88 Å². The molecule has 2 aliphatic heterocycles. The summed E-state index contributed by atoms with van der Waals surface area (Å²) < 4.78 is 5.32. The van der Waals surface area contributed by atoms with Gasteiger partial charge in [-0.05, 0) is 18.6 Å². The van der Waals surface area contributed by atoms with Gasteiger partial charge >= 0.3 is 0 Å². The van der Waals surface area contributed by atoms with Crippen molar-refractivity contribution >= 4 is 28.8 Å². The zero-order chi connectivity index (χ0) is 19.0. The van der Waals surface area contributed by atoms with Crippen molar-refractivity contribution in [1.29, 1.82) is 0 Å². The van der Waals surface area contributed by atoms with Crippen LogP contribution in [0.4, 0.5) is 0 Å². The van der Waals surface area contributed by atoms with Gasteiger partial charge in [0.05, 0.1) is 23.6 Å². The molecule has 3 amide bonds. The van der Waals surface area contributed by atoms with Crippen LogP contribution in [0, 0.1) is 5.41 Å². The summed E-state index contributed by atoms with van der Waals surface area (Å²) in [4.78, 5) is 46.9. The Hall–Kier alpha value is -3.03. The maximum Gasteiger partial charge on any atom is 0.235 e. The summed E-state index contributed by atoms with van der Waals surface area (Å²) in [6.07, 6.45) is 1.33. The quantitative estimate of drug-likeness (QED) is 0.803. The lowest BCUT2D eigenvalue weighted by Crippen LogP contribution is -2.36. The highest BCUT2D eigenvalue weighted by atomic mass is 16.5. The largest absolute Gasteiger partial charge is 0.480 e. The number of nitrogens with zero attached hydrogens (tertiary/aromatic N) is 3. The van der Waals surface area contributed by atoms with Crippen LogP contribution in [0.1, 0.15) is 25.0 Å². The van der Waals surface area contributed by atoms with Gasteiger partial charge in [0.1, 0.15) is 5.69 Å². The number of carbonyl (C=O) groups excluding carboxylic acids is 3. The van der Waals surface area contributed by atoms with E-state index in [1.165, 1.54) is 7.11 Å². The van der Waals surface area contributed by atoms with E-state index in [1.54, 1.807) is 4.90 Å². The summed E-state index contributed by atoms with van der Waals surface area (Å²) in [5.74, 6) is -0.161. The Morgan fingerprint density at radius 2 is 2.00 bits per heavy atom. The average molecular weight is 368 g/mol. The number of methoxy groups -OCH3 is 1. The van der Waals surface area contributed by atoms with Gasteiger partial charge in [-0.1, -0.05) is 12.1 Å². The lowest BCUT2D eigenvalue weighted by atomic mass is 9.85. The third-order valence-corrected chi connectivity index (χ3v) is 5.32. The Morgan fingerprint density at radius 3 is 2.67 bits per heavy atom. The fraction of sp³-hybridized carbons (Fsp3) is 0.421. The standard InChI is InChI=1S/C19H20N4O4/c1-27-17-14(20-12-4-2-3-5-13(12)21-17)6-7-16(25)23-9-8-19(11-23)10-15(24)22-18(19)26/h2-5H,6-11H2,1H3,(H,22,24,26)/t19-/m0/s1. The molecule has 1 N–H and O–H groups in total. The Kier molecular flexibility index (Phi) is 4.25. The van der Waals surface area contributed by atoms with E-state index in [0.29, 0.717) is 37.5 Å². The average Bonchev–Trinajstić information content (AvgIpc) is 3.22. The number of fused-ring (bicyclic) bond motifs is 1. The fourth-order valence-corrected chi connectivity index (χ4v) is 3.84. The second-order valence-electron chi connectivity index (χ2n) is 7.07. The van der Waals surface area contributed by atoms with E-state index in [9.17, 15) is 14.4 Å². The second kappa shape index (κ2) is 6.61. The molecule has 0 unspecified atom stereocenters. The number of hydrogen-bond acceptors (Lipinski definition) is 6. The molecule has 0 aliphatic carbocycles.